The van der Waals surface area contributed by atoms with Crippen LogP contribution in [0.2, 0.25) is 0 Å². The van der Waals surface area contributed by atoms with Crippen LogP contribution < -0.4 is 10.5 Å². The number of fused-ring (bicyclic) bond motifs is 1. The molecule has 39 heavy (non-hydrogen) atoms. The Bertz CT molecular complexity index is 1430. The van der Waals surface area contributed by atoms with Crippen LogP contribution in [0.1, 0.15) is 49.8 Å². The average Bonchev–Trinajstić information content (AvgIpc) is 2.92. The van der Waals surface area contributed by atoms with Crippen LogP contribution in [-0.4, -0.2) is 58.8 Å². The molecule has 11 heteroatoms. The Labute approximate surface area is 225 Å². The maximum absolute atomic E-state index is 14.7. The van der Waals surface area contributed by atoms with E-state index >= 15 is 0 Å². The molecule has 208 valence electrons. The van der Waals surface area contributed by atoms with Gasteiger partial charge in [0, 0.05) is 44.9 Å². The fourth-order valence-corrected chi connectivity index (χ4v) is 5.27. The van der Waals surface area contributed by atoms with E-state index in [-0.39, 0.29) is 17.7 Å². The van der Waals surface area contributed by atoms with Crippen molar-refractivity contribution in [2.75, 3.05) is 38.3 Å². The molecule has 2 aliphatic heterocycles. The van der Waals surface area contributed by atoms with Gasteiger partial charge in [-0.05, 0) is 18.9 Å². The van der Waals surface area contributed by atoms with Crippen LogP contribution in [0, 0.1) is 17.1 Å². The first-order valence-electron chi connectivity index (χ1n) is 13.1. The number of rotatable bonds is 6. The number of piperidine rings is 1. The number of aryl methyl sites for hydroxylation is 1. The Balaban J connectivity index is 0.00000172. The summed E-state index contributed by atoms with van der Waals surface area (Å²) in [4.78, 5) is 26.0. The third-order valence-corrected chi connectivity index (χ3v) is 7.61. The van der Waals surface area contributed by atoms with Gasteiger partial charge in [0.2, 0.25) is 0 Å². The lowest BCUT2D eigenvalue weighted by Crippen LogP contribution is -2.54. The summed E-state index contributed by atoms with van der Waals surface area (Å²) in [6, 6.07) is 8.38. The number of halogens is 3. The number of hydrogen-bond donors (Lipinski definition) is 0. The third kappa shape index (κ3) is 5.23. The highest BCUT2D eigenvalue weighted by Crippen LogP contribution is 2.37. The predicted octanol–water partition coefficient (Wildman–Crippen LogP) is 4.32. The van der Waals surface area contributed by atoms with E-state index in [9.17, 15) is 23.2 Å². The van der Waals surface area contributed by atoms with Crippen molar-refractivity contribution in [1.29, 1.82) is 5.26 Å². The number of nitriles is 1. The molecule has 0 N–H and O–H groups in total. The SMILES string of the molecule is CC.CN(Cc1cccc(C(F)F)c1F)c1ncnc2c1cc(C1(C#N)CCN(C3COC3)CC1)c(=O)n2C. The Morgan fingerprint density at radius 2 is 1.92 bits per heavy atom. The van der Waals surface area contributed by atoms with Crippen LogP contribution in [-0.2, 0) is 23.7 Å². The highest BCUT2D eigenvalue weighted by atomic mass is 19.3. The van der Waals surface area contributed by atoms with Crippen molar-refractivity contribution in [3.05, 3.63) is 63.5 Å². The van der Waals surface area contributed by atoms with Gasteiger partial charge in [0.1, 0.15) is 23.6 Å². The molecule has 0 atom stereocenters. The van der Waals surface area contributed by atoms with Crippen molar-refractivity contribution < 1.29 is 17.9 Å². The van der Waals surface area contributed by atoms with Gasteiger partial charge < -0.3 is 9.64 Å². The number of benzene rings is 1. The first-order valence-corrected chi connectivity index (χ1v) is 13.1. The van der Waals surface area contributed by atoms with E-state index < -0.39 is 23.2 Å². The zero-order valence-corrected chi connectivity index (χ0v) is 22.6. The van der Waals surface area contributed by atoms with E-state index in [1.807, 2.05) is 13.8 Å². The largest absolute Gasteiger partial charge is 0.378 e. The molecule has 5 rings (SSSR count). The van der Waals surface area contributed by atoms with Crippen molar-refractivity contribution in [1.82, 2.24) is 19.4 Å². The number of hydrogen-bond acceptors (Lipinski definition) is 7. The molecule has 2 fully saturated rings. The summed E-state index contributed by atoms with van der Waals surface area (Å²) in [5.74, 6) is -0.552. The second kappa shape index (κ2) is 11.7. The lowest BCUT2D eigenvalue weighted by atomic mass is 9.74. The Morgan fingerprint density at radius 1 is 1.23 bits per heavy atom. The zero-order valence-electron chi connectivity index (χ0n) is 22.6. The minimum absolute atomic E-state index is 0.0293. The van der Waals surface area contributed by atoms with Crippen LogP contribution in [0.15, 0.2) is 35.4 Å². The fourth-order valence-electron chi connectivity index (χ4n) is 5.27. The maximum Gasteiger partial charge on any atom is 0.266 e. The predicted molar refractivity (Wildman–Crippen MR) is 142 cm³/mol. The molecular weight excluding hydrogens is 509 g/mol. The van der Waals surface area contributed by atoms with Gasteiger partial charge in [-0.15, -0.1) is 0 Å². The molecule has 3 aromatic rings. The summed E-state index contributed by atoms with van der Waals surface area (Å²) < 4.78 is 47.8. The molecule has 0 unspecified atom stereocenters. The molecule has 2 aliphatic rings. The second-order valence-electron chi connectivity index (χ2n) is 9.76. The monoisotopic (exact) mass is 542 g/mol. The summed E-state index contributed by atoms with van der Waals surface area (Å²) in [6.07, 6.45) is -0.609. The summed E-state index contributed by atoms with van der Waals surface area (Å²) in [6.45, 7) is 6.70. The Morgan fingerprint density at radius 3 is 2.51 bits per heavy atom. The molecule has 0 aliphatic carbocycles. The molecule has 0 radical (unpaired) electrons. The summed E-state index contributed by atoms with van der Waals surface area (Å²) in [5, 5.41) is 10.8. The minimum Gasteiger partial charge on any atom is -0.378 e. The number of aromatic nitrogens is 3. The van der Waals surface area contributed by atoms with Gasteiger partial charge in [0.25, 0.3) is 12.0 Å². The van der Waals surface area contributed by atoms with Gasteiger partial charge in [-0.2, -0.15) is 5.26 Å². The molecule has 0 amide bonds. The van der Waals surface area contributed by atoms with Crippen molar-refractivity contribution in [3.8, 4) is 6.07 Å². The fraction of sp³-hybridized carbons (Fsp3) is 0.500. The van der Waals surface area contributed by atoms with Crippen molar-refractivity contribution >= 4 is 16.9 Å². The van der Waals surface area contributed by atoms with Crippen LogP contribution in [0.25, 0.3) is 11.0 Å². The van der Waals surface area contributed by atoms with Gasteiger partial charge in [-0.25, -0.2) is 23.1 Å². The smallest absolute Gasteiger partial charge is 0.266 e. The van der Waals surface area contributed by atoms with Gasteiger partial charge in [-0.3, -0.25) is 14.3 Å². The number of nitrogens with zero attached hydrogens (tertiary/aromatic N) is 6. The van der Waals surface area contributed by atoms with E-state index in [0.717, 1.165) is 6.07 Å². The molecule has 2 aromatic heterocycles. The molecule has 0 spiro atoms. The van der Waals surface area contributed by atoms with Crippen LogP contribution in [0.5, 0.6) is 0 Å². The van der Waals surface area contributed by atoms with E-state index in [2.05, 4.69) is 20.9 Å². The highest BCUT2D eigenvalue weighted by Gasteiger charge is 2.41. The van der Waals surface area contributed by atoms with Gasteiger partial charge in [-0.1, -0.05) is 32.0 Å². The van der Waals surface area contributed by atoms with Crippen molar-refractivity contribution in [2.45, 2.75) is 51.1 Å². The van der Waals surface area contributed by atoms with E-state index in [1.54, 1.807) is 25.1 Å². The van der Waals surface area contributed by atoms with Crippen LogP contribution in [0.4, 0.5) is 19.0 Å². The number of alkyl halides is 2. The molecule has 1 aromatic carbocycles. The average molecular weight is 543 g/mol. The minimum atomic E-state index is -2.92. The first-order chi connectivity index (χ1) is 18.8. The normalized spacial score (nSPS) is 17.3. The standard InChI is InChI=1S/C26H27F3N6O2.C2H6/c1-33(11-16-4-3-5-18(21(16)27)22(28)29)23-19-10-20(25(36)34(2)24(19)32-15-31-23)26(14-30)6-8-35(9-7-26)17-12-37-13-17;1-2/h3-5,10,15,17,22H,6-9,11-13H2,1-2H3;1-2H3. The van der Waals surface area contributed by atoms with E-state index in [1.165, 1.54) is 23.0 Å². The van der Waals surface area contributed by atoms with Crippen molar-refractivity contribution in [2.24, 2.45) is 7.05 Å². The Hall–Kier alpha value is -3.49. The van der Waals surface area contributed by atoms with Crippen LogP contribution >= 0.6 is 0 Å². The maximum atomic E-state index is 14.7. The van der Waals surface area contributed by atoms with Crippen LogP contribution in [0.3, 0.4) is 0 Å². The quantitative estimate of drug-likeness (QED) is 0.458. The van der Waals surface area contributed by atoms with Gasteiger partial charge >= 0.3 is 0 Å². The first kappa shape index (κ1) is 28.5. The summed E-state index contributed by atoms with van der Waals surface area (Å²) >= 11 is 0. The number of likely N-dealkylation sites (tertiary alicyclic amines) is 1. The molecule has 0 saturated carbocycles. The number of anilines is 1. The van der Waals surface area contributed by atoms with Gasteiger partial charge in [0.15, 0.2) is 0 Å². The lowest BCUT2D eigenvalue weighted by molar-refractivity contribution is -0.0736. The zero-order chi connectivity index (χ0) is 28.3. The lowest BCUT2D eigenvalue weighted by Gasteiger charge is -2.43. The van der Waals surface area contributed by atoms with Crippen molar-refractivity contribution in [3.63, 3.8) is 0 Å². The van der Waals surface area contributed by atoms with E-state index in [0.29, 0.717) is 67.6 Å². The highest BCUT2D eigenvalue weighted by molar-refractivity contribution is 5.87. The number of pyridine rings is 1. The molecule has 2 saturated heterocycles. The third-order valence-electron chi connectivity index (χ3n) is 7.61. The molecular formula is C28H33F3N6O2. The second-order valence-corrected chi connectivity index (χ2v) is 9.76. The summed E-state index contributed by atoms with van der Waals surface area (Å²) in [5.41, 5.74) is -1.07. The Kier molecular flexibility index (Phi) is 8.57. The molecule has 0 bridgehead atoms. The molecule has 4 heterocycles. The summed E-state index contributed by atoms with van der Waals surface area (Å²) in [7, 11) is 3.27. The topological polar surface area (TPSA) is 87.3 Å². The van der Waals surface area contributed by atoms with E-state index in [4.69, 9.17) is 4.74 Å². The van der Waals surface area contributed by atoms with Gasteiger partial charge in [0.05, 0.1) is 41.7 Å². The number of ether oxygens (including phenoxy) is 1. The molecule has 8 nitrogen and oxygen atoms in total.